The number of ether oxygens (including phenoxy) is 4. The highest BCUT2D eigenvalue weighted by Gasteiger charge is 2.24. The molecule has 0 radical (unpaired) electrons. The minimum absolute atomic E-state index is 0.0127. The zero-order valence-corrected chi connectivity index (χ0v) is 31.7. The molecule has 2 aliphatic heterocycles. The number of hydrogen-bond donors (Lipinski definition) is 0. The fourth-order valence-corrected chi connectivity index (χ4v) is 8.44. The van der Waals surface area contributed by atoms with Crippen LogP contribution in [0.2, 0.25) is 0 Å². The van der Waals surface area contributed by atoms with Gasteiger partial charge in [-0.15, -0.1) is 0 Å². The van der Waals surface area contributed by atoms with Crippen LogP contribution in [-0.2, 0) is 10.8 Å². The first-order valence-corrected chi connectivity index (χ1v) is 19.6. The summed E-state index contributed by atoms with van der Waals surface area (Å²) >= 11 is 1.92. The number of hydrogen-bond acceptors (Lipinski definition) is 8. The number of pyridine rings is 2. The molecule has 0 N–H and O–H groups in total. The number of nitrogens with zero attached hydrogens (tertiary/aromatic N) is 2. The number of aryl methyl sites for hydroxylation is 4. The molecule has 4 aromatic rings. The monoisotopic (exact) mass is 730 g/mol. The van der Waals surface area contributed by atoms with Gasteiger partial charge in [0.05, 0.1) is 20.0 Å². The summed E-state index contributed by atoms with van der Waals surface area (Å²) < 4.78 is 38.5. The smallest absolute Gasteiger partial charge is 0.182 e. The molecule has 1 unspecified atom stereocenters. The first-order valence-electron chi connectivity index (χ1n) is 16.9. The van der Waals surface area contributed by atoms with E-state index in [1.54, 1.807) is 38.5 Å². The topological polar surface area (TPSA) is 98.0 Å². The number of thioether (sulfide) groups is 1. The first kappa shape index (κ1) is 37.8. The van der Waals surface area contributed by atoms with Crippen LogP contribution in [0.15, 0.2) is 70.3 Å². The van der Waals surface area contributed by atoms with Crippen molar-refractivity contribution in [2.45, 2.75) is 52.7 Å². The summed E-state index contributed by atoms with van der Waals surface area (Å²) in [5, 5.41) is 0. The van der Waals surface area contributed by atoms with Crippen LogP contribution in [0.25, 0.3) is 24.6 Å². The minimum atomic E-state index is -0.785. The Labute approximate surface area is 306 Å². The van der Waals surface area contributed by atoms with Gasteiger partial charge >= 0.3 is 0 Å². The van der Waals surface area contributed by atoms with Crippen molar-refractivity contribution in [3.8, 4) is 23.0 Å². The molecular weight excluding hydrogens is 685 g/mol. The van der Waals surface area contributed by atoms with Crippen LogP contribution in [0, 0.1) is 27.7 Å². The fourth-order valence-electron chi connectivity index (χ4n) is 6.01. The Morgan fingerprint density at radius 2 is 1.14 bits per heavy atom. The summed E-state index contributed by atoms with van der Waals surface area (Å²) in [6.45, 7) is 7.67. The molecule has 2 fully saturated rings. The summed E-state index contributed by atoms with van der Waals surface area (Å²) in [6.07, 6.45) is 9.97. The van der Waals surface area contributed by atoms with Crippen LogP contribution in [0.4, 0.5) is 0 Å². The Balaban J connectivity index is 0.000000198. The van der Waals surface area contributed by atoms with Crippen molar-refractivity contribution in [1.82, 2.24) is 9.13 Å². The zero-order chi connectivity index (χ0) is 36.5. The Hall–Kier alpha value is -4.48. The highest BCUT2D eigenvalue weighted by atomic mass is 32.2. The zero-order valence-electron chi connectivity index (χ0n) is 30.0. The highest BCUT2D eigenvalue weighted by Crippen LogP contribution is 2.33. The summed E-state index contributed by atoms with van der Waals surface area (Å²) in [5.74, 6) is 6.30. The normalized spacial score (nSPS) is 18.5. The molecule has 2 saturated heterocycles. The van der Waals surface area contributed by atoms with E-state index < -0.39 is 10.8 Å². The van der Waals surface area contributed by atoms with Crippen molar-refractivity contribution in [2.24, 2.45) is 0 Å². The summed E-state index contributed by atoms with van der Waals surface area (Å²) in [4.78, 5) is 23.1. The highest BCUT2D eigenvalue weighted by molar-refractivity contribution is 7.99. The Morgan fingerprint density at radius 3 is 1.53 bits per heavy atom. The van der Waals surface area contributed by atoms with Gasteiger partial charge < -0.3 is 28.1 Å². The lowest BCUT2D eigenvalue weighted by Crippen LogP contribution is -2.16. The maximum absolute atomic E-state index is 11.6. The molecule has 270 valence electrons. The maximum atomic E-state index is 11.6. The molecule has 3 atom stereocenters. The average Bonchev–Trinajstić information content (AvgIpc) is 3.75. The number of benzene rings is 2. The first-order chi connectivity index (χ1) is 24.5. The molecule has 0 spiro atoms. The van der Waals surface area contributed by atoms with Gasteiger partial charge in [0, 0.05) is 81.7 Å². The van der Waals surface area contributed by atoms with Gasteiger partial charge in [0.15, 0.2) is 33.9 Å². The standard InChI is InChI=1S/C20H23NO4S.C20H23NO3S/c1-14-10-17(22)11-15(2)21(14)8-6-16-4-5-19(24-3)20(12-16)25-18-7-9-26(23)13-18;1-14-10-17(22)11-15(2)21(14)8-6-16-4-5-19(23-3)20(12-16)24-18-7-9-25-13-18/h4-6,8,10-12,18H,7,9,13H2,1-3H3;4-6,8,10-12,18H,7,9,13H2,1-3H3/b2*8-6+/t18-,26?;18-/m00/s1. The molecule has 11 heteroatoms. The largest absolute Gasteiger partial charge is 0.493 e. The fraction of sp³-hybridized carbons (Fsp3) is 0.350. The summed E-state index contributed by atoms with van der Waals surface area (Å²) in [5.41, 5.74) is 5.61. The van der Waals surface area contributed by atoms with E-state index in [0.717, 1.165) is 69.7 Å². The third-order valence-electron chi connectivity index (χ3n) is 8.65. The van der Waals surface area contributed by atoms with Gasteiger partial charge in [0.25, 0.3) is 0 Å². The van der Waals surface area contributed by atoms with E-state index in [0.29, 0.717) is 23.0 Å². The van der Waals surface area contributed by atoms with E-state index in [4.69, 9.17) is 18.9 Å². The predicted octanol–water partition coefficient (Wildman–Crippen LogP) is 6.99. The molecule has 51 heavy (non-hydrogen) atoms. The molecule has 0 saturated carbocycles. The molecule has 0 bridgehead atoms. The number of methoxy groups -OCH3 is 2. The maximum Gasteiger partial charge on any atom is 0.182 e. The summed E-state index contributed by atoms with van der Waals surface area (Å²) in [7, 11) is 2.48. The summed E-state index contributed by atoms with van der Waals surface area (Å²) in [6, 6.07) is 18.2. The number of rotatable bonds is 10. The molecular formula is C40H46N2O7S2. The van der Waals surface area contributed by atoms with E-state index in [1.165, 1.54) is 0 Å². The van der Waals surface area contributed by atoms with Crippen LogP contribution in [0.1, 0.15) is 46.7 Å². The quantitative estimate of drug-likeness (QED) is 0.172. The van der Waals surface area contributed by atoms with E-state index in [-0.39, 0.29) is 23.1 Å². The second kappa shape index (κ2) is 17.6. The molecule has 2 aliphatic rings. The minimum Gasteiger partial charge on any atom is -0.493 e. The second-order valence-corrected chi connectivity index (χ2v) is 15.4. The third-order valence-corrected chi connectivity index (χ3v) is 11.2. The van der Waals surface area contributed by atoms with E-state index in [9.17, 15) is 13.8 Å². The van der Waals surface area contributed by atoms with Gasteiger partial charge in [-0.3, -0.25) is 13.8 Å². The predicted molar refractivity (Wildman–Crippen MR) is 210 cm³/mol. The van der Waals surface area contributed by atoms with E-state index >= 15 is 0 Å². The van der Waals surface area contributed by atoms with Gasteiger partial charge in [0.2, 0.25) is 0 Å². The van der Waals surface area contributed by atoms with Crippen molar-refractivity contribution in [1.29, 1.82) is 0 Å². The molecule has 6 rings (SSSR count). The van der Waals surface area contributed by atoms with Gasteiger partial charge in [-0.25, -0.2) is 0 Å². The Bertz CT molecular complexity index is 1990. The van der Waals surface area contributed by atoms with Gasteiger partial charge in [-0.05, 0) is 93.8 Å². The van der Waals surface area contributed by atoms with E-state index in [2.05, 4.69) is 0 Å². The van der Waals surface area contributed by atoms with Crippen LogP contribution >= 0.6 is 11.8 Å². The molecule has 0 aliphatic carbocycles. The van der Waals surface area contributed by atoms with Crippen molar-refractivity contribution < 1.29 is 23.2 Å². The lowest BCUT2D eigenvalue weighted by atomic mass is 10.2. The molecule has 9 nitrogen and oxygen atoms in total. The van der Waals surface area contributed by atoms with Gasteiger partial charge in [0.1, 0.15) is 12.2 Å². The van der Waals surface area contributed by atoms with E-state index in [1.807, 2.05) is 110 Å². The average molecular weight is 731 g/mol. The lowest BCUT2D eigenvalue weighted by molar-refractivity contribution is 0.218. The Kier molecular flexibility index (Phi) is 13.1. The van der Waals surface area contributed by atoms with Gasteiger partial charge in [-0.1, -0.05) is 12.1 Å². The van der Waals surface area contributed by atoms with Crippen LogP contribution in [0.3, 0.4) is 0 Å². The molecule has 2 aromatic carbocycles. The molecule has 0 amide bonds. The van der Waals surface area contributed by atoms with Crippen molar-refractivity contribution in [2.75, 3.05) is 37.2 Å². The molecule has 4 heterocycles. The van der Waals surface area contributed by atoms with Crippen LogP contribution in [-0.4, -0.2) is 62.8 Å². The van der Waals surface area contributed by atoms with Crippen molar-refractivity contribution in [3.63, 3.8) is 0 Å². The lowest BCUT2D eigenvalue weighted by Gasteiger charge is -2.16. The van der Waals surface area contributed by atoms with Gasteiger partial charge in [-0.2, -0.15) is 11.8 Å². The Morgan fingerprint density at radius 1 is 0.667 bits per heavy atom. The number of aromatic nitrogens is 2. The second-order valence-electron chi connectivity index (χ2n) is 12.6. The van der Waals surface area contributed by atoms with Crippen LogP contribution < -0.4 is 29.8 Å². The molecule has 2 aromatic heterocycles. The SMILES string of the molecule is COc1ccc(/C=C/n2c(C)cc(=O)cc2C)cc1O[C@H]1CCS(=O)C1.COc1ccc(/C=C/n2c(C)cc(=O)cc2C)cc1O[C@H]1CCSC1. The van der Waals surface area contributed by atoms with Crippen LogP contribution in [0.5, 0.6) is 23.0 Å². The van der Waals surface area contributed by atoms with Crippen molar-refractivity contribution in [3.05, 3.63) is 115 Å². The third kappa shape index (κ3) is 10.3. The van der Waals surface area contributed by atoms with Crippen molar-refractivity contribution >= 4 is 47.1 Å².